The lowest BCUT2D eigenvalue weighted by Gasteiger charge is -2.27. The van der Waals surface area contributed by atoms with Gasteiger partial charge in [0.25, 0.3) is 0 Å². The molecule has 2 N–H and O–H groups in total. The molecule has 1 amide bonds. The molecule has 0 bridgehead atoms. The molecule has 1 fully saturated rings. The number of aromatic amines is 1. The summed E-state index contributed by atoms with van der Waals surface area (Å²) in [4.78, 5) is 11.9. The lowest BCUT2D eigenvalue weighted by molar-refractivity contribution is -0.122. The van der Waals surface area contributed by atoms with Crippen LogP contribution in [-0.4, -0.2) is 40.4 Å². The third-order valence-corrected chi connectivity index (χ3v) is 4.61. The van der Waals surface area contributed by atoms with Crippen molar-refractivity contribution in [1.82, 2.24) is 20.1 Å². The van der Waals surface area contributed by atoms with E-state index in [4.69, 9.17) is 17.0 Å². The molecule has 1 aromatic heterocycles. The topological polar surface area (TPSA) is 71.9 Å². The van der Waals surface area contributed by atoms with Crippen LogP contribution in [0.15, 0.2) is 0 Å². The van der Waals surface area contributed by atoms with Gasteiger partial charge in [-0.05, 0) is 43.8 Å². The van der Waals surface area contributed by atoms with Gasteiger partial charge >= 0.3 is 0 Å². The number of carbonyl (C=O) groups excluding carboxylic acids is 1. The van der Waals surface area contributed by atoms with E-state index >= 15 is 0 Å². The molecule has 0 aliphatic heterocycles. The molecular formula is C14H24N4O2S. The molecule has 1 aromatic rings. The van der Waals surface area contributed by atoms with Gasteiger partial charge < -0.3 is 14.6 Å². The standard InChI is InChI=1S/C14H24N4O2S/c1-18-12(16-17-14(18)21)7-8-15-13(19)9-10-3-5-11(20-2)6-4-10/h10-11H,3-9H2,1-2H3,(H,15,19)(H,17,21). The lowest BCUT2D eigenvalue weighted by atomic mass is 9.85. The summed E-state index contributed by atoms with van der Waals surface area (Å²) in [5.41, 5.74) is 0. The molecule has 1 heterocycles. The maximum absolute atomic E-state index is 11.9. The molecule has 0 aromatic carbocycles. The van der Waals surface area contributed by atoms with Crippen LogP contribution in [0.3, 0.4) is 0 Å². The van der Waals surface area contributed by atoms with Crippen LogP contribution in [-0.2, 0) is 23.0 Å². The summed E-state index contributed by atoms with van der Waals surface area (Å²) in [7, 11) is 3.64. The third kappa shape index (κ3) is 4.64. The van der Waals surface area contributed by atoms with Crippen molar-refractivity contribution < 1.29 is 9.53 Å². The number of hydrogen-bond acceptors (Lipinski definition) is 4. The molecule has 21 heavy (non-hydrogen) atoms. The second-order valence-corrected chi connectivity index (χ2v) is 6.07. The Labute approximate surface area is 130 Å². The van der Waals surface area contributed by atoms with E-state index in [2.05, 4.69) is 15.5 Å². The fourth-order valence-corrected chi connectivity index (χ4v) is 2.97. The van der Waals surface area contributed by atoms with Gasteiger partial charge in [0, 0.05) is 33.5 Å². The highest BCUT2D eigenvalue weighted by Crippen LogP contribution is 2.27. The summed E-state index contributed by atoms with van der Waals surface area (Å²) in [6, 6.07) is 0. The van der Waals surface area contributed by atoms with Gasteiger partial charge in [-0.15, -0.1) is 0 Å². The van der Waals surface area contributed by atoms with Crippen LogP contribution in [0.2, 0.25) is 0 Å². The summed E-state index contributed by atoms with van der Waals surface area (Å²) >= 11 is 5.05. The number of methoxy groups -OCH3 is 1. The molecule has 1 aliphatic rings. The second kappa shape index (κ2) is 7.70. The van der Waals surface area contributed by atoms with Crippen molar-refractivity contribution in [1.29, 1.82) is 0 Å². The van der Waals surface area contributed by atoms with Gasteiger partial charge in [-0.25, -0.2) is 0 Å². The van der Waals surface area contributed by atoms with Gasteiger partial charge in [0.05, 0.1) is 6.10 Å². The Morgan fingerprint density at radius 3 is 2.76 bits per heavy atom. The van der Waals surface area contributed by atoms with Crippen LogP contribution in [0.25, 0.3) is 0 Å². The zero-order chi connectivity index (χ0) is 15.2. The molecule has 0 spiro atoms. The molecule has 7 heteroatoms. The minimum atomic E-state index is 0.132. The Morgan fingerprint density at radius 2 is 2.19 bits per heavy atom. The van der Waals surface area contributed by atoms with Crippen molar-refractivity contribution in [2.24, 2.45) is 13.0 Å². The monoisotopic (exact) mass is 312 g/mol. The highest BCUT2D eigenvalue weighted by Gasteiger charge is 2.22. The van der Waals surface area contributed by atoms with Crippen LogP contribution < -0.4 is 5.32 Å². The van der Waals surface area contributed by atoms with Crippen LogP contribution >= 0.6 is 12.2 Å². The van der Waals surface area contributed by atoms with Crippen LogP contribution in [0.1, 0.15) is 37.9 Å². The van der Waals surface area contributed by atoms with Crippen LogP contribution in [0, 0.1) is 10.7 Å². The minimum Gasteiger partial charge on any atom is -0.381 e. The predicted octanol–water partition coefficient (Wildman–Crippen LogP) is 1.73. The van der Waals surface area contributed by atoms with Gasteiger partial charge in [-0.1, -0.05) is 0 Å². The fourth-order valence-electron chi connectivity index (χ4n) is 2.82. The van der Waals surface area contributed by atoms with Crippen molar-refractivity contribution in [2.75, 3.05) is 13.7 Å². The summed E-state index contributed by atoms with van der Waals surface area (Å²) in [6.07, 6.45) is 6.00. The third-order valence-electron chi connectivity index (χ3n) is 4.24. The van der Waals surface area contributed by atoms with Crippen LogP contribution in [0.4, 0.5) is 0 Å². The highest BCUT2D eigenvalue weighted by atomic mass is 32.1. The molecule has 0 atom stereocenters. The average Bonchev–Trinajstić information content (AvgIpc) is 2.80. The number of amides is 1. The Bertz CT molecular complexity index is 517. The van der Waals surface area contributed by atoms with Gasteiger partial charge in [-0.2, -0.15) is 5.10 Å². The first-order valence-corrected chi connectivity index (χ1v) is 7.90. The Balaban J connectivity index is 1.66. The van der Waals surface area contributed by atoms with Gasteiger partial charge in [-0.3, -0.25) is 9.89 Å². The molecule has 6 nitrogen and oxygen atoms in total. The molecular weight excluding hydrogens is 288 g/mol. The number of nitrogens with zero attached hydrogens (tertiary/aromatic N) is 2. The van der Waals surface area contributed by atoms with E-state index < -0.39 is 0 Å². The van der Waals surface area contributed by atoms with E-state index in [0.29, 0.717) is 36.2 Å². The smallest absolute Gasteiger partial charge is 0.220 e. The number of ether oxygens (including phenoxy) is 1. The van der Waals surface area contributed by atoms with E-state index in [0.717, 1.165) is 31.5 Å². The molecule has 2 rings (SSSR count). The van der Waals surface area contributed by atoms with Crippen LogP contribution in [0.5, 0.6) is 0 Å². The minimum absolute atomic E-state index is 0.132. The molecule has 0 unspecified atom stereocenters. The van der Waals surface area contributed by atoms with E-state index in [1.54, 1.807) is 7.11 Å². The number of nitrogens with one attached hydrogen (secondary N) is 2. The molecule has 1 saturated carbocycles. The van der Waals surface area contributed by atoms with Crippen molar-refractivity contribution in [3.8, 4) is 0 Å². The Hall–Kier alpha value is -1.21. The molecule has 0 saturated heterocycles. The zero-order valence-electron chi connectivity index (χ0n) is 12.7. The molecule has 1 aliphatic carbocycles. The largest absolute Gasteiger partial charge is 0.381 e. The summed E-state index contributed by atoms with van der Waals surface area (Å²) < 4.78 is 7.78. The van der Waals surface area contributed by atoms with E-state index in [-0.39, 0.29) is 5.91 Å². The number of aromatic nitrogens is 3. The first kappa shape index (κ1) is 16.2. The molecule has 0 radical (unpaired) electrons. The maximum Gasteiger partial charge on any atom is 0.220 e. The van der Waals surface area contributed by atoms with Gasteiger partial charge in [0.15, 0.2) is 4.77 Å². The number of carbonyl (C=O) groups is 1. The van der Waals surface area contributed by atoms with Crippen molar-refractivity contribution in [3.05, 3.63) is 10.6 Å². The summed E-state index contributed by atoms with van der Waals surface area (Å²) in [5, 5.41) is 9.84. The average molecular weight is 312 g/mol. The quantitative estimate of drug-likeness (QED) is 0.785. The van der Waals surface area contributed by atoms with E-state index in [1.165, 1.54) is 0 Å². The number of rotatable bonds is 6. The Kier molecular flexibility index (Phi) is 5.93. The summed E-state index contributed by atoms with van der Waals surface area (Å²) in [5.74, 6) is 1.49. The first-order chi connectivity index (χ1) is 10.1. The van der Waals surface area contributed by atoms with Crippen molar-refractivity contribution >= 4 is 18.1 Å². The van der Waals surface area contributed by atoms with Gasteiger partial charge in [0.1, 0.15) is 5.82 Å². The second-order valence-electron chi connectivity index (χ2n) is 5.69. The van der Waals surface area contributed by atoms with Gasteiger partial charge in [0.2, 0.25) is 5.91 Å². The zero-order valence-corrected chi connectivity index (χ0v) is 13.5. The fraction of sp³-hybridized carbons (Fsp3) is 0.786. The maximum atomic E-state index is 11.9. The normalized spacial score (nSPS) is 22.2. The predicted molar refractivity (Wildman–Crippen MR) is 82.5 cm³/mol. The lowest BCUT2D eigenvalue weighted by Crippen LogP contribution is -2.30. The number of H-pyrrole nitrogens is 1. The van der Waals surface area contributed by atoms with Crippen molar-refractivity contribution in [2.45, 2.75) is 44.6 Å². The highest BCUT2D eigenvalue weighted by molar-refractivity contribution is 7.71. The van der Waals surface area contributed by atoms with Crippen molar-refractivity contribution in [3.63, 3.8) is 0 Å². The summed E-state index contributed by atoms with van der Waals surface area (Å²) in [6.45, 7) is 0.597. The van der Waals surface area contributed by atoms with E-state index in [1.807, 2.05) is 11.6 Å². The SMILES string of the molecule is COC1CCC(CC(=O)NCCc2n[nH]c(=S)n2C)CC1. The first-order valence-electron chi connectivity index (χ1n) is 7.50. The van der Waals surface area contributed by atoms with E-state index in [9.17, 15) is 4.79 Å². The number of hydrogen-bond donors (Lipinski definition) is 2. The molecule has 118 valence electrons. The Morgan fingerprint density at radius 1 is 1.48 bits per heavy atom.